The summed E-state index contributed by atoms with van der Waals surface area (Å²) in [5.41, 5.74) is 0. The fraction of sp³-hybridized carbons (Fsp3) is 0.533. The monoisotopic (exact) mass is 380 g/mol. The Morgan fingerprint density at radius 2 is 1.76 bits per heavy atom. The number of carbonyl (C=O) groups is 1. The Bertz CT molecular complexity index is 684. The molecule has 140 valence electrons. The summed E-state index contributed by atoms with van der Waals surface area (Å²) in [5, 5.41) is 2.84. The molecule has 25 heavy (non-hydrogen) atoms. The fourth-order valence-electron chi connectivity index (χ4n) is 2.57. The van der Waals surface area contributed by atoms with Gasteiger partial charge in [-0.1, -0.05) is 12.8 Å². The average Bonchev–Trinajstić information content (AvgIpc) is 2.98. The SMILES string of the molecule is O=C(CCNS(=O)(=O)c1ccc(OC(F)(F)F)cc1)NC1CCCC1. The molecule has 0 aliphatic heterocycles. The molecule has 1 aromatic carbocycles. The minimum Gasteiger partial charge on any atom is -0.406 e. The van der Waals surface area contributed by atoms with Crippen LogP contribution in [0.2, 0.25) is 0 Å². The van der Waals surface area contributed by atoms with Gasteiger partial charge in [-0.2, -0.15) is 0 Å². The molecule has 0 radical (unpaired) electrons. The van der Waals surface area contributed by atoms with Gasteiger partial charge in [-0.15, -0.1) is 13.2 Å². The Hall–Kier alpha value is -1.81. The summed E-state index contributed by atoms with van der Waals surface area (Å²) in [7, 11) is -3.91. The molecule has 0 atom stereocenters. The lowest BCUT2D eigenvalue weighted by Gasteiger charge is -2.12. The van der Waals surface area contributed by atoms with Crippen molar-refractivity contribution in [2.45, 2.75) is 49.4 Å². The van der Waals surface area contributed by atoms with E-state index in [9.17, 15) is 26.4 Å². The van der Waals surface area contributed by atoms with Crippen molar-refractivity contribution in [3.8, 4) is 5.75 Å². The van der Waals surface area contributed by atoms with E-state index in [2.05, 4.69) is 14.8 Å². The van der Waals surface area contributed by atoms with Crippen LogP contribution < -0.4 is 14.8 Å². The molecule has 1 aliphatic rings. The number of halogens is 3. The van der Waals surface area contributed by atoms with E-state index >= 15 is 0 Å². The van der Waals surface area contributed by atoms with Gasteiger partial charge in [-0.25, -0.2) is 13.1 Å². The summed E-state index contributed by atoms with van der Waals surface area (Å²) >= 11 is 0. The van der Waals surface area contributed by atoms with Crippen molar-refractivity contribution in [1.29, 1.82) is 0 Å². The van der Waals surface area contributed by atoms with Crippen molar-refractivity contribution in [1.82, 2.24) is 10.0 Å². The third kappa shape index (κ3) is 6.54. The van der Waals surface area contributed by atoms with Crippen LogP contribution in [0.5, 0.6) is 5.75 Å². The van der Waals surface area contributed by atoms with Crippen LogP contribution >= 0.6 is 0 Å². The third-order valence-electron chi connectivity index (χ3n) is 3.73. The van der Waals surface area contributed by atoms with Gasteiger partial charge in [-0.3, -0.25) is 4.79 Å². The molecule has 2 rings (SSSR count). The first-order valence-electron chi connectivity index (χ1n) is 7.80. The molecule has 0 unspecified atom stereocenters. The van der Waals surface area contributed by atoms with Gasteiger partial charge < -0.3 is 10.1 Å². The van der Waals surface area contributed by atoms with E-state index in [0.717, 1.165) is 49.9 Å². The normalized spacial score (nSPS) is 16.0. The number of rotatable bonds is 7. The lowest BCUT2D eigenvalue weighted by Crippen LogP contribution is -2.35. The van der Waals surface area contributed by atoms with Crippen molar-refractivity contribution in [3.05, 3.63) is 24.3 Å². The predicted octanol–water partition coefficient (Wildman–Crippen LogP) is 2.31. The maximum Gasteiger partial charge on any atom is 0.573 e. The highest BCUT2D eigenvalue weighted by molar-refractivity contribution is 7.89. The molecule has 2 N–H and O–H groups in total. The molecule has 0 heterocycles. The molecule has 1 aromatic rings. The van der Waals surface area contributed by atoms with E-state index < -0.39 is 22.1 Å². The topological polar surface area (TPSA) is 84.5 Å². The van der Waals surface area contributed by atoms with Crippen LogP contribution in [0.1, 0.15) is 32.1 Å². The summed E-state index contributed by atoms with van der Waals surface area (Å²) < 4.78 is 66.2. The van der Waals surface area contributed by atoms with Crippen LogP contribution in [0.4, 0.5) is 13.2 Å². The zero-order valence-corrected chi connectivity index (χ0v) is 14.1. The highest BCUT2D eigenvalue weighted by atomic mass is 32.2. The molecule has 0 saturated heterocycles. The summed E-state index contributed by atoms with van der Waals surface area (Å²) in [4.78, 5) is 11.5. The first-order chi connectivity index (χ1) is 11.7. The number of benzene rings is 1. The zero-order chi connectivity index (χ0) is 18.5. The van der Waals surface area contributed by atoms with E-state index in [1.807, 2.05) is 0 Å². The molecule has 0 spiro atoms. The molecule has 1 fully saturated rings. The Morgan fingerprint density at radius 1 is 1.16 bits per heavy atom. The summed E-state index contributed by atoms with van der Waals surface area (Å²) in [6.07, 6.45) is -0.832. The van der Waals surface area contributed by atoms with Gasteiger partial charge in [0.25, 0.3) is 0 Å². The van der Waals surface area contributed by atoms with Crippen molar-refractivity contribution >= 4 is 15.9 Å². The van der Waals surface area contributed by atoms with E-state index in [1.54, 1.807) is 0 Å². The number of alkyl halides is 3. The molecule has 0 bridgehead atoms. The Morgan fingerprint density at radius 3 is 2.32 bits per heavy atom. The van der Waals surface area contributed by atoms with E-state index in [0.29, 0.717) is 0 Å². The average molecular weight is 380 g/mol. The Labute approximate surface area is 143 Å². The van der Waals surface area contributed by atoms with Gasteiger partial charge in [-0.05, 0) is 37.1 Å². The molecular formula is C15H19F3N2O4S. The second kappa shape index (κ2) is 8.05. The largest absolute Gasteiger partial charge is 0.573 e. The molecular weight excluding hydrogens is 361 g/mol. The number of nitrogens with one attached hydrogen (secondary N) is 2. The van der Waals surface area contributed by atoms with Gasteiger partial charge in [0.05, 0.1) is 4.90 Å². The van der Waals surface area contributed by atoms with Crippen LogP contribution in [0.15, 0.2) is 29.2 Å². The summed E-state index contributed by atoms with van der Waals surface area (Å²) in [6, 6.07) is 3.98. The second-order valence-corrected chi connectivity index (χ2v) is 7.48. The molecule has 1 aliphatic carbocycles. The maximum atomic E-state index is 12.1. The molecule has 10 heteroatoms. The molecule has 0 aromatic heterocycles. The molecule has 1 amide bonds. The molecule has 1 saturated carbocycles. The zero-order valence-electron chi connectivity index (χ0n) is 13.3. The smallest absolute Gasteiger partial charge is 0.406 e. The van der Waals surface area contributed by atoms with Crippen LogP contribution in [0.25, 0.3) is 0 Å². The standard InChI is InChI=1S/C15H19F3N2O4S/c16-15(17,18)24-12-5-7-13(8-6-12)25(22,23)19-10-9-14(21)20-11-3-1-2-4-11/h5-8,11,19H,1-4,9-10H2,(H,20,21). The van der Waals surface area contributed by atoms with E-state index in [1.165, 1.54) is 0 Å². The number of amides is 1. The van der Waals surface area contributed by atoms with Gasteiger partial charge in [0, 0.05) is 19.0 Å². The van der Waals surface area contributed by atoms with Crippen LogP contribution in [-0.2, 0) is 14.8 Å². The van der Waals surface area contributed by atoms with Gasteiger partial charge in [0.1, 0.15) is 5.75 Å². The minimum absolute atomic E-state index is 0.00893. The number of carbonyl (C=O) groups excluding carboxylic acids is 1. The van der Waals surface area contributed by atoms with E-state index in [4.69, 9.17) is 0 Å². The van der Waals surface area contributed by atoms with Gasteiger partial charge >= 0.3 is 6.36 Å². The van der Waals surface area contributed by atoms with Crippen LogP contribution in [-0.4, -0.2) is 33.3 Å². The predicted molar refractivity (Wildman–Crippen MR) is 83.3 cm³/mol. The second-order valence-electron chi connectivity index (χ2n) is 5.72. The van der Waals surface area contributed by atoms with Gasteiger partial charge in [0.2, 0.25) is 15.9 Å². The lowest BCUT2D eigenvalue weighted by molar-refractivity contribution is -0.274. The lowest BCUT2D eigenvalue weighted by atomic mass is 10.2. The quantitative estimate of drug-likeness (QED) is 0.760. The molecule has 6 nitrogen and oxygen atoms in total. The first kappa shape index (κ1) is 19.5. The van der Waals surface area contributed by atoms with Crippen molar-refractivity contribution in [2.24, 2.45) is 0 Å². The van der Waals surface area contributed by atoms with Crippen molar-refractivity contribution < 1.29 is 31.1 Å². The first-order valence-corrected chi connectivity index (χ1v) is 9.29. The summed E-state index contributed by atoms with van der Waals surface area (Å²) in [6.45, 7) is -0.0955. The Kier molecular flexibility index (Phi) is 6.28. The third-order valence-corrected chi connectivity index (χ3v) is 5.21. The van der Waals surface area contributed by atoms with Crippen molar-refractivity contribution in [3.63, 3.8) is 0 Å². The number of hydrogen-bond acceptors (Lipinski definition) is 4. The maximum absolute atomic E-state index is 12.1. The minimum atomic E-state index is -4.84. The Balaban J connectivity index is 1.83. The number of ether oxygens (including phenoxy) is 1. The van der Waals surface area contributed by atoms with Gasteiger partial charge in [0.15, 0.2) is 0 Å². The number of sulfonamides is 1. The number of hydrogen-bond donors (Lipinski definition) is 2. The van der Waals surface area contributed by atoms with Crippen LogP contribution in [0, 0.1) is 0 Å². The highest BCUT2D eigenvalue weighted by Crippen LogP contribution is 2.23. The highest BCUT2D eigenvalue weighted by Gasteiger charge is 2.31. The van der Waals surface area contributed by atoms with E-state index in [-0.39, 0.29) is 29.8 Å². The van der Waals surface area contributed by atoms with Crippen LogP contribution in [0.3, 0.4) is 0 Å². The summed E-state index contributed by atoms with van der Waals surface area (Å²) in [5.74, 6) is -0.745. The van der Waals surface area contributed by atoms with Crippen molar-refractivity contribution in [2.75, 3.05) is 6.54 Å². The fourth-order valence-corrected chi connectivity index (χ4v) is 3.60.